The van der Waals surface area contributed by atoms with E-state index in [1.165, 1.54) is 0 Å². The standard InChI is InChI=1S/C11H26NO6P/c1-5-7-16-9-11(13)10-18-19(14,15)17-8-6-12(2,3)4/h11,13H,5-10H2,1-4H3/p+1. The molecule has 0 rings (SSSR count). The lowest BCUT2D eigenvalue weighted by Gasteiger charge is -2.24. The van der Waals surface area contributed by atoms with E-state index >= 15 is 0 Å². The summed E-state index contributed by atoms with van der Waals surface area (Å²) >= 11 is 0. The Kier molecular flexibility index (Phi) is 9.02. The van der Waals surface area contributed by atoms with Crippen LogP contribution < -0.4 is 0 Å². The summed E-state index contributed by atoms with van der Waals surface area (Å²) < 4.78 is 26.7. The number of phosphoric acid groups is 1. The van der Waals surface area contributed by atoms with E-state index in [-0.39, 0.29) is 19.8 Å². The largest absolute Gasteiger partial charge is 0.472 e. The number of rotatable bonds is 11. The smallest absolute Gasteiger partial charge is 0.388 e. The van der Waals surface area contributed by atoms with Crippen molar-refractivity contribution in [2.24, 2.45) is 0 Å². The Hall–Kier alpha value is -0.0100. The van der Waals surface area contributed by atoms with Gasteiger partial charge in [0.2, 0.25) is 0 Å². The summed E-state index contributed by atoms with van der Waals surface area (Å²) in [6.45, 7) is 2.96. The van der Waals surface area contributed by atoms with Crippen molar-refractivity contribution in [3.8, 4) is 0 Å². The Bertz CT molecular complexity index is 281. The maximum Gasteiger partial charge on any atom is 0.472 e. The normalized spacial score (nSPS) is 17.2. The molecule has 0 aliphatic rings. The molecule has 7 nitrogen and oxygen atoms in total. The molecule has 0 amide bonds. The van der Waals surface area contributed by atoms with Crippen LogP contribution in [0.4, 0.5) is 0 Å². The van der Waals surface area contributed by atoms with Gasteiger partial charge in [0.15, 0.2) is 0 Å². The first-order chi connectivity index (χ1) is 8.66. The zero-order valence-corrected chi connectivity index (χ0v) is 13.1. The molecule has 2 N–H and O–H groups in total. The van der Waals surface area contributed by atoms with Crippen LogP contribution in [-0.4, -0.2) is 74.7 Å². The van der Waals surface area contributed by atoms with E-state index < -0.39 is 13.9 Å². The summed E-state index contributed by atoms with van der Waals surface area (Å²) in [7, 11) is 1.74. The molecule has 0 saturated carbocycles. The second kappa shape index (κ2) is 9.02. The van der Waals surface area contributed by atoms with Gasteiger partial charge in [0.05, 0.1) is 34.4 Å². The number of nitrogens with zero attached hydrogens (tertiary/aromatic N) is 1. The Balaban J connectivity index is 3.80. The number of phosphoric ester groups is 1. The van der Waals surface area contributed by atoms with Gasteiger partial charge in [-0.05, 0) is 6.42 Å². The predicted molar refractivity (Wildman–Crippen MR) is 71.7 cm³/mol. The summed E-state index contributed by atoms with van der Waals surface area (Å²) in [5.41, 5.74) is 0. The second-order valence-corrected chi connectivity index (χ2v) is 6.79. The third-order valence-corrected chi connectivity index (χ3v) is 3.09. The van der Waals surface area contributed by atoms with Gasteiger partial charge in [0.25, 0.3) is 0 Å². The first-order valence-corrected chi connectivity index (χ1v) is 7.84. The molecule has 0 bridgehead atoms. The summed E-state index contributed by atoms with van der Waals surface area (Å²) in [4.78, 5) is 9.38. The van der Waals surface area contributed by atoms with Crippen LogP contribution in [0.3, 0.4) is 0 Å². The van der Waals surface area contributed by atoms with Crippen LogP contribution in [0.2, 0.25) is 0 Å². The van der Waals surface area contributed by atoms with Crippen LogP contribution in [0.1, 0.15) is 13.3 Å². The maximum atomic E-state index is 11.5. The van der Waals surface area contributed by atoms with E-state index in [0.29, 0.717) is 17.6 Å². The average Bonchev–Trinajstić information content (AvgIpc) is 2.25. The minimum atomic E-state index is -4.10. The molecule has 0 radical (unpaired) electrons. The minimum Gasteiger partial charge on any atom is -0.388 e. The fourth-order valence-corrected chi connectivity index (χ4v) is 1.81. The van der Waals surface area contributed by atoms with Crippen molar-refractivity contribution < 1.29 is 32.8 Å². The molecule has 0 saturated heterocycles. The quantitative estimate of drug-likeness (QED) is 0.330. The molecule has 2 unspecified atom stereocenters. The molecule has 0 fully saturated rings. The second-order valence-electron chi connectivity index (χ2n) is 5.34. The number of aliphatic hydroxyl groups is 1. The number of likely N-dealkylation sites (N-methyl/N-ethyl adjacent to an activating group) is 1. The summed E-state index contributed by atoms with van der Waals surface area (Å²) in [6, 6.07) is 0. The molecule has 0 aromatic heterocycles. The minimum absolute atomic E-state index is 0.0761. The van der Waals surface area contributed by atoms with Crippen LogP contribution in [-0.2, 0) is 18.3 Å². The highest BCUT2D eigenvalue weighted by Crippen LogP contribution is 2.43. The van der Waals surface area contributed by atoms with Crippen molar-refractivity contribution in [1.82, 2.24) is 0 Å². The Morgan fingerprint density at radius 3 is 2.32 bits per heavy atom. The molecule has 19 heavy (non-hydrogen) atoms. The summed E-state index contributed by atoms with van der Waals surface area (Å²) in [6.07, 6.45) is -0.0886. The van der Waals surface area contributed by atoms with Gasteiger partial charge < -0.3 is 19.2 Å². The van der Waals surface area contributed by atoms with Crippen molar-refractivity contribution in [3.05, 3.63) is 0 Å². The number of aliphatic hydroxyl groups excluding tert-OH is 1. The van der Waals surface area contributed by atoms with E-state index in [0.717, 1.165) is 6.42 Å². The lowest BCUT2D eigenvalue weighted by molar-refractivity contribution is -0.870. The summed E-state index contributed by atoms with van der Waals surface area (Å²) in [5, 5.41) is 9.45. The van der Waals surface area contributed by atoms with E-state index in [2.05, 4.69) is 4.52 Å². The predicted octanol–water partition coefficient (Wildman–Crippen LogP) is 0.614. The molecule has 116 valence electrons. The molecular weight excluding hydrogens is 273 g/mol. The van der Waals surface area contributed by atoms with Gasteiger partial charge in [-0.25, -0.2) is 4.57 Å². The number of hydrogen-bond donors (Lipinski definition) is 2. The van der Waals surface area contributed by atoms with Gasteiger partial charge in [-0.3, -0.25) is 9.05 Å². The first kappa shape index (κ1) is 19.0. The van der Waals surface area contributed by atoms with Crippen molar-refractivity contribution in [1.29, 1.82) is 0 Å². The van der Waals surface area contributed by atoms with E-state index in [4.69, 9.17) is 9.26 Å². The fourth-order valence-electron chi connectivity index (χ4n) is 1.06. The van der Waals surface area contributed by atoms with Crippen LogP contribution in [0.5, 0.6) is 0 Å². The highest BCUT2D eigenvalue weighted by molar-refractivity contribution is 7.47. The summed E-state index contributed by atoms with van der Waals surface area (Å²) in [5.74, 6) is 0. The van der Waals surface area contributed by atoms with Gasteiger partial charge in [-0.15, -0.1) is 0 Å². The average molecular weight is 300 g/mol. The van der Waals surface area contributed by atoms with Crippen molar-refractivity contribution in [2.45, 2.75) is 19.4 Å². The third-order valence-electron chi connectivity index (χ3n) is 2.11. The van der Waals surface area contributed by atoms with Crippen LogP contribution in [0, 0.1) is 0 Å². The Morgan fingerprint density at radius 1 is 1.16 bits per heavy atom. The molecule has 0 aromatic rings. The first-order valence-electron chi connectivity index (χ1n) is 6.34. The van der Waals surface area contributed by atoms with Crippen molar-refractivity contribution in [3.63, 3.8) is 0 Å². The molecule has 0 aromatic carbocycles. The fraction of sp³-hybridized carbons (Fsp3) is 1.00. The van der Waals surface area contributed by atoms with Crippen molar-refractivity contribution in [2.75, 3.05) is 54.1 Å². The van der Waals surface area contributed by atoms with Crippen LogP contribution in [0.25, 0.3) is 0 Å². The zero-order valence-electron chi connectivity index (χ0n) is 12.2. The monoisotopic (exact) mass is 300 g/mol. The van der Waals surface area contributed by atoms with E-state index in [1.807, 2.05) is 28.1 Å². The molecule has 0 aliphatic carbocycles. The highest BCUT2D eigenvalue weighted by atomic mass is 31.2. The van der Waals surface area contributed by atoms with Crippen molar-refractivity contribution >= 4 is 7.82 Å². The van der Waals surface area contributed by atoms with Gasteiger partial charge >= 0.3 is 7.82 Å². The number of ether oxygens (including phenoxy) is 1. The molecule has 0 spiro atoms. The Labute approximate surface area is 115 Å². The van der Waals surface area contributed by atoms with Gasteiger partial charge in [0, 0.05) is 6.61 Å². The number of hydrogen-bond acceptors (Lipinski definition) is 5. The highest BCUT2D eigenvalue weighted by Gasteiger charge is 2.23. The van der Waals surface area contributed by atoms with Gasteiger partial charge in [0.1, 0.15) is 19.3 Å². The molecular formula is C11H27NO6P+. The zero-order chi connectivity index (χ0) is 14.9. The SMILES string of the molecule is CCCOCC(O)COP(=O)(O)OCC[N+](C)(C)C. The van der Waals surface area contributed by atoms with Gasteiger partial charge in [-0.1, -0.05) is 6.92 Å². The topological polar surface area (TPSA) is 85.2 Å². The van der Waals surface area contributed by atoms with E-state index in [9.17, 15) is 14.6 Å². The van der Waals surface area contributed by atoms with Gasteiger partial charge in [-0.2, -0.15) is 0 Å². The lowest BCUT2D eigenvalue weighted by Crippen LogP contribution is -2.37. The van der Waals surface area contributed by atoms with Crippen LogP contribution in [0.15, 0.2) is 0 Å². The Morgan fingerprint density at radius 2 is 1.79 bits per heavy atom. The molecule has 2 atom stereocenters. The molecule has 0 aliphatic heterocycles. The molecule has 0 heterocycles. The maximum absolute atomic E-state index is 11.5. The van der Waals surface area contributed by atoms with Crippen LogP contribution >= 0.6 is 7.82 Å². The van der Waals surface area contributed by atoms with E-state index in [1.54, 1.807) is 0 Å². The lowest BCUT2D eigenvalue weighted by atomic mass is 10.4. The third kappa shape index (κ3) is 12.8. The molecule has 8 heteroatoms. The number of quaternary nitrogens is 1.